The van der Waals surface area contributed by atoms with Crippen molar-refractivity contribution in [3.8, 4) is 0 Å². The normalized spacial score (nSPS) is 24.5. The van der Waals surface area contributed by atoms with Gasteiger partial charge in [0.05, 0.1) is 11.4 Å². The third-order valence-electron chi connectivity index (χ3n) is 5.93. The number of piperidine rings is 1. The van der Waals surface area contributed by atoms with Gasteiger partial charge in [-0.05, 0) is 31.0 Å². The Morgan fingerprint density at radius 1 is 1.22 bits per heavy atom. The SMILES string of the molecule is CN=Cc1ccc([C@H]2C[C@@H](C)CN(C(=O)C3CN(C)C3)C2)c2cccnc12. The summed E-state index contributed by atoms with van der Waals surface area (Å²) in [5, 5.41) is 1.18. The number of nitrogens with zero attached hydrogens (tertiary/aromatic N) is 4. The van der Waals surface area contributed by atoms with Crippen LogP contribution in [0.3, 0.4) is 0 Å². The van der Waals surface area contributed by atoms with Crippen LogP contribution < -0.4 is 0 Å². The molecule has 2 atom stereocenters. The molecule has 5 heteroatoms. The molecule has 4 rings (SSSR count). The van der Waals surface area contributed by atoms with Crippen LogP contribution in [0.15, 0.2) is 35.5 Å². The van der Waals surface area contributed by atoms with Crippen LogP contribution in [-0.2, 0) is 4.79 Å². The summed E-state index contributed by atoms with van der Waals surface area (Å²) in [6, 6.07) is 8.47. The number of rotatable bonds is 3. The van der Waals surface area contributed by atoms with Crippen LogP contribution in [0.25, 0.3) is 10.9 Å². The molecule has 2 saturated heterocycles. The highest BCUT2D eigenvalue weighted by Crippen LogP contribution is 2.35. The first-order chi connectivity index (χ1) is 13.1. The van der Waals surface area contributed by atoms with Crippen LogP contribution in [0.4, 0.5) is 0 Å². The van der Waals surface area contributed by atoms with Crippen molar-refractivity contribution >= 4 is 23.0 Å². The van der Waals surface area contributed by atoms with Crippen LogP contribution >= 0.6 is 0 Å². The van der Waals surface area contributed by atoms with Crippen molar-refractivity contribution in [2.24, 2.45) is 16.8 Å². The molecule has 1 aromatic carbocycles. The van der Waals surface area contributed by atoms with Crippen molar-refractivity contribution < 1.29 is 4.79 Å². The molecule has 0 saturated carbocycles. The van der Waals surface area contributed by atoms with E-state index in [0.717, 1.165) is 43.7 Å². The number of pyridine rings is 1. The van der Waals surface area contributed by atoms with E-state index < -0.39 is 0 Å². The second-order valence-corrected chi connectivity index (χ2v) is 8.23. The van der Waals surface area contributed by atoms with Crippen LogP contribution in [-0.4, -0.2) is 67.2 Å². The first kappa shape index (κ1) is 18.1. The molecule has 1 amide bonds. The molecular formula is C22H28N4O. The van der Waals surface area contributed by atoms with Gasteiger partial charge in [0.15, 0.2) is 0 Å². The topological polar surface area (TPSA) is 48.8 Å². The highest BCUT2D eigenvalue weighted by atomic mass is 16.2. The summed E-state index contributed by atoms with van der Waals surface area (Å²) in [5.74, 6) is 1.38. The molecule has 0 unspecified atom stereocenters. The fourth-order valence-electron chi connectivity index (χ4n) is 4.69. The lowest BCUT2D eigenvalue weighted by Gasteiger charge is -2.42. The van der Waals surface area contributed by atoms with E-state index in [1.807, 2.05) is 18.5 Å². The summed E-state index contributed by atoms with van der Waals surface area (Å²) >= 11 is 0. The van der Waals surface area contributed by atoms with Gasteiger partial charge in [0.25, 0.3) is 0 Å². The second-order valence-electron chi connectivity index (χ2n) is 8.23. The predicted molar refractivity (Wildman–Crippen MR) is 109 cm³/mol. The lowest BCUT2D eigenvalue weighted by Crippen LogP contribution is -2.55. The number of aromatic nitrogens is 1. The summed E-state index contributed by atoms with van der Waals surface area (Å²) in [5.41, 5.74) is 3.35. The number of hydrogen-bond acceptors (Lipinski definition) is 4. The van der Waals surface area contributed by atoms with Gasteiger partial charge in [0.2, 0.25) is 5.91 Å². The zero-order valence-corrected chi connectivity index (χ0v) is 16.4. The average Bonchev–Trinajstić information content (AvgIpc) is 2.65. The number of likely N-dealkylation sites (tertiary alicyclic amines) is 2. The van der Waals surface area contributed by atoms with Gasteiger partial charge >= 0.3 is 0 Å². The standard InChI is InChI=1S/C22H28N4O/c1-15-9-17(14-26(11-15)22(27)18-12-25(3)13-18)19-7-6-16(10-23-2)21-20(19)5-4-8-24-21/h4-8,10,15,17-18H,9,11-14H2,1-3H3/t15-,17+/m1/s1. The Balaban J connectivity index is 1.64. The fourth-order valence-corrected chi connectivity index (χ4v) is 4.69. The van der Waals surface area contributed by atoms with Crippen LogP contribution in [0.2, 0.25) is 0 Å². The van der Waals surface area contributed by atoms with Crippen molar-refractivity contribution in [2.45, 2.75) is 19.3 Å². The van der Waals surface area contributed by atoms with Gasteiger partial charge in [-0.1, -0.05) is 25.1 Å². The molecular weight excluding hydrogens is 336 g/mol. The highest BCUT2D eigenvalue weighted by molar-refractivity contribution is 5.99. The molecule has 2 aliphatic rings. The molecule has 0 radical (unpaired) electrons. The second kappa shape index (κ2) is 7.39. The monoisotopic (exact) mass is 364 g/mol. The molecule has 2 aliphatic heterocycles. The Morgan fingerprint density at radius 2 is 2.04 bits per heavy atom. The van der Waals surface area contributed by atoms with Crippen molar-refractivity contribution in [3.63, 3.8) is 0 Å². The number of amides is 1. The van der Waals surface area contributed by atoms with E-state index >= 15 is 0 Å². The average molecular weight is 364 g/mol. The van der Waals surface area contributed by atoms with Crippen molar-refractivity contribution in [3.05, 3.63) is 41.6 Å². The summed E-state index contributed by atoms with van der Waals surface area (Å²) in [6.07, 6.45) is 4.82. The number of carbonyl (C=O) groups is 1. The Bertz CT molecular complexity index is 872. The smallest absolute Gasteiger partial charge is 0.228 e. The first-order valence-corrected chi connectivity index (χ1v) is 9.84. The molecule has 5 nitrogen and oxygen atoms in total. The Morgan fingerprint density at radius 3 is 2.78 bits per heavy atom. The van der Waals surface area contributed by atoms with Crippen molar-refractivity contribution in [2.75, 3.05) is 40.3 Å². The van der Waals surface area contributed by atoms with E-state index in [1.54, 1.807) is 7.05 Å². The summed E-state index contributed by atoms with van der Waals surface area (Å²) < 4.78 is 0. The van der Waals surface area contributed by atoms with E-state index in [1.165, 1.54) is 10.9 Å². The van der Waals surface area contributed by atoms with Crippen LogP contribution in [0.1, 0.15) is 30.4 Å². The molecule has 27 heavy (non-hydrogen) atoms. The van der Waals surface area contributed by atoms with Crippen molar-refractivity contribution in [1.29, 1.82) is 0 Å². The third-order valence-corrected chi connectivity index (χ3v) is 5.93. The maximum atomic E-state index is 12.9. The molecule has 142 valence electrons. The number of benzene rings is 1. The minimum absolute atomic E-state index is 0.183. The summed E-state index contributed by atoms with van der Waals surface area (Å²) in [6.45, 7) is 5.75. The largest absolute Gasteiger partial charge is 0.341 e. The summed E-state index contributed by atoms with van der Waals surface area (Å²) in [4.78, 5) is 26.0. The van der Waals surface area contributed by atoms with E-state index in [4.69, 9.17) is 0 Å². The van der Waals surface area contributed by atoms with Gasteiger partial charge < -0.3 is 9.80 Å². The van der Waals surface area contributed by atoms with Crippen molar-refractivity contribution in [1.82, 2.24) is 14.8 Å². The molecule has 0 N–H and O–H groups in total. The van der Waals surface area contributed by atoms with Crippen LogP contribution in [0, 0.1) is 11.8 Å². The van der Waals surface area contributed by atoms with Crippen LogP contribution in [0.5, 0.6) is 0 Å². The van der Waals surface area contributed by atoms with E-state index in [0.29, 0.717) is 17.7 Å². The molecule has 3 heterocycles. The van der Waals surface area contributed by atoms with Gasteiger partial charge in [-0.2, -0.15) is 0 Å². The Kier molecular flexibility index (Phi) is 4.96. The third kappa shape index (κ3) is 3.48. The quantitative estimate of drug-likeness (QED) is 0.787. The molecule has 0 spiro atoms. The number of carbonyl (C=O) groups excluding carboxylic acids is 1. The fraction of sp³-hybridized carbons (Fsp3) is 0.500. The van der Waals surface area contributed by atoms with E-state index in [2.05, 4.69) is 51.9 Å². The predicted octanol–water partition coefficient (Wildman–Crippen LogP) is 2.80. The molecule has 1 aromatic heterocycles. The number of aliphatic imine (C=N–C) groups is 1. The lowest BCUT2D eigenvalue weighted by atomic mass is 9.82. The highest BCUT2D eigenvalue weighted by Gasteiger charge is 2.37. The van der Waals surface area contributed by atoms with Gasteiger partial charge in [0, 0.05) is 62.5 Å². The Labute approximate surface area is 161 Å². The van der Waals surface area contributed by atoms with Gasteiger partial charge in [0.1, 0.15) is 0 Å². The summed E-state index contributed by atoms with van der Waals surface area (Å²) in [7, 11) is 3.86. The maximum Gasteiger partial charge on any atom is 0.228 e. The number of hydrogen-bond donors (Lipinski definition) is 0. The molecule has 0 bridgehead atoms. The maximum absolute atomic E-state index is 12.9. The zero-order valence-electron chi connectivity index (χ0n) is 16.4. The lowest BCUT2D eigenvalue weighted by molar-refractivity contribution is -0.142. The molecule has 2 fully saturated rings. The molecule has 0 aliphatic carbocycles. The van der Waals surface area contributed by atoms with E-state index in [-0.39, 0.29) is 5.92 Å². The van der Waals surface area contributed by atoms with E-state index in [9.17, 15) is 4.79 Å². The Hall–Kier alpha value is -2.27. The first-order valence-electron chi connectivity index (χ1n) is 9.84. The number of fused-ring (bicyclic) bond motifs is 1. The van der Waals surface area contributed by atoms with Gasteiger partial charge in [-0.15, -0.1) is 0 Å². The zero-order chi connectivity index (χ0) is 19.0. The minimum atomic E-state index is 0.183. The van der Waals surface area contributed by atoms with Gasteiger partial charge in [-0.25, -0.2) is 0 Å². The molecule has 2 aromatic rings. The minimum Gasteiger partial charge on any atom is -0.341 e. The van der Waals surface area contributed by atoms with Gasteiger partial charge in [-0.3, -0.25) is 14.8 Å².